The number of methoxy groups -OCH3 is 1. The number of hydrogen-bond acceptors (Lipinski definition) is 3. The predicted octanol–water partition coefficient (Wildman–Crippen LogP) is 1.63. The Bertz CT molecular complexity index is 585. The first-order chi connectivity index (χ1) is 9.79. The van der Waals surface area contributed by atoms with Gasteiger partial charge in [-0.3, -0.25) is 0 Å². The normalized spacial score (nSPS) is 16.7. The van der Waals surface area contributed by atoms with Crippen molar-refractivity contribution < 1.29 is 4.74 Å². The van der Waals surface area contributed by atoms with Gasteiger partial charge in [0.25, 0.3) is 0 Å². The zero-order valence-corrected chi connectivity index (χ0v) is 12.4. The van der Waals surface area contributed by atoms with E-state index in [0.29, 0.717) is 0 Å². The van der Waals surface area contributed by atoms with E-state index >= 15 is 0 Å². The summed E-state index contributed by atoms with van der Waals surface area (Å²) in [7, 11) is 3.86. The summed E-state index contributed by atoms with van der Waals surface area (Å²) in [5, 5.41) is 4.67. The van der Waals surface area contributed by atoms with Crippen LogP contribution in [0.4, 0.5) is 0 Å². The molecule has 0 spiro atoms. The van der Waals surface area contributed by atoms with E-state index in [1.54, 1.807) is 7.11 Å². The maximum Gasteiger partial charge on any atom is 0.128 e. The van der Waals surface area contributed by atoms with Crippen LogP contribution in [-0.2, 0) is 13.5 Å². The number of hydrogen-bond donors (Lipinski definition) is 1. The molecule has 0 aliphatic carbocycles. The molecule has 0 radical (unpaired) electrons. The second-order valence-electron chi connectivity index (χ2n) is 5.46. The number of rotatable bonds is 4. The lowest BCUT2D eigenvalue weighted by atomic mass is 10.1. The SMILES string of the molecule is COc1cccc2c1c(CCN1CCNCC1)cn2C. The summed E-state index contributed by atoms with van der Waals surface area (Å²) in [6, 6.07) is 6.27. The average Bonchev–Trinajstić information content (AvgIpc) is 2.83. The Labute approximate surface area is 120 Å². The minimum atomic E-state index is 0.985. The van der Waals surface area contributed by atoms with Gasteiger partial charge in [-0.25, -0.2) is 0 Å². The van der Waals surface area contributed by atoms with Crippen molar-refractivity contribution in [3.8, 4) is 5.75 Å². The van der Waals surface area contributed by atoms with Crippen LogP contribution >= 0.6 is 0 Å². The summed E-state index contributed by atoms with van der Waals surface area (Å²) >= 11 is 0. The Kier molecular flexibility index (Phi) is 3.94. The Morgan fingerprint density at radius 2 is 2.05 bits per heavy atom. The minimum absolute atomic E-state index is 0.985. The zero-order valence-electron chi connectivity index (χ0n) is 12.4. The van der Waals surface area contributed by atoms with Crippen molar-refractivity contribution in [1.29, 1.82) is 0 Å². The minimum Gasteiger partial charge on any atom is -0.496 e. The second kappa shape index (κ2) is 5.85. The van der Waals surface area contributed by atoms with Crippen LogP contribution in [-0.4, -0.2) is 49.3 Å². The van der Waals surface area contributed by atoms with Crippen LogP contribution in [0, 0.1) is 0 Å². The van der Waals surface area contributed by atoms with Gasteiger partial charge >= 0.3 is 0 Å². The molecule has 1 aromatic heterocycles. The first-order valence-electron chi connectivity index (χ1n) is 7.33. The molecule has 1 aliphatic rings. The maximum atomic E-state index is 5.54. The standard InChI is InChI=1S/C16H23N3O/c1-18-12-13(6-9-19-10-7-17-8-11-19)16-14(18)4-3-5-15(16)20-2/h3-5,12,17H,6-11H2,1-2H3. The van der Waals surface area contributed by atoms with Crippen molar-refractivity contribution in [1.82, 2.24) is 14.8 Å². The fourth-order valence-electron chi connectivity index (χ4n) is 3.08. The van der Waals surface area contributed by atoms with E-state index < -0.39 is 0 Å². The summed E-state index contributed by atoms with van der Waals surface area (Å²) < 4.78 is 7.74. The fraction of sp³-hybridized carbons (Fsp3) is 0.500. The van der Waals surface area contributed by atoms with Gasteiger partial charge in [-0.2, -0.15) is 0 Å². The number of piperazine rings is 1. The second-order valence-corrected chi connectivity index (χ2v) is 5.46. The lowest BCUT2D eigenvalue weighted by Crippen LogP contribution is -2.44. The number of aromatic nitrogens is 1. The van der Waals surface area contributed by atoms with Crippen molar-refractivity contribution in [2.75, 3.05) is 39.8 Å². The fourth-order valence-corrected chi connectivity index (χ4v) is 3.08. The van der Waals surface area contributed by atoms with Gasteiger partial charge in [0, 0.05) is 51.4 Å². The van der Waals surface area contributed by atoms with Crippen LogP contribution in [0.5, 0.6) is 5.75 Å². The van der Waals surface area contributed by atoms with E-state index in [1.807, 2.05) is 0 Å². The van der Waals surface area contributed by atoms with Crippen molar-refractivity contribution in [2.24, 2.45) is 7.05 Å². The van der Waals surface area contributed by atoms with Gasteiger partial charge in [0.1, 0.15) is 5.75 Å². The van der Waals surface area contributed by atoms with Crippen molar-refractivity contribution >= 4 is 10.9 Å². The molecule has 1 N–H and O–H groups in total. The number of fused-ring (bicyclic) bond motifs is 1. The van der Waals surface area contributed by atoms with Crippen molar-refractivity contribution in [3.63, 3.8) is 0 Å². The Morgan fingerprint density at radius 3 is 2.80 bits per heavy atom. The summed E-state index contributed by atoms with van der Waals surface area (Å²) in [6.07, 6.45) is 3.33. The van der Waals surface area contributed by atoms with E-state index in [1.165, 1.54) is 16.5 Å². The van der Waals surface area contributed by atoms with Gasteiger partial charge in [0.15, 0.2) is 0 Å². The first kappa shape index (κ1) is 13.5. The van der Waals surface area contributed by atoms with E-state index in [0.717, 1.165) is 44.9 Å². The number of nitrogens with zero attached hydrogens (tertiary/aromatic N) is 2. The summed E-state index contributed by atoms with van der Waals surface area (Å²) in [6.45, 7) is 5.65. The number of aryl methyl sites for hydroxylation is 1. The molecule has 2 aromatic rings. The quantitative estimate of drug-likeness (QED) is 0.918. The number of benzene rings is 1. The average molecular weight is 273 g/mol. The molecule has 108 valence electrons. The topological polar surface area (TPSA) is 29.4 Å². The molecule has 1 saturated heterocycles. The molecule has 1 fully saturated rings. The Hall–Kier alpha value is -1.52. The summed E-state index contributed by atoms with van der Waals surface area (Å²) in [5.74, 6) is 0.985. The van der Waals surface area contributed by atoms with Gasteiger partial charge in [-0.05, 0) is 24.1 Å². The van der Waals surface area contributed by atoms with E-state index in [9.17, 15) is 0 Å². The summed E-state index contributed by atoms with van der Waals surface area (Å²) in [5.41, 5.74) is 2.64. The molecule has 4 heteroatoms. The maximum absolute atomic E-state index is 5.54. The highest BCUT2D eigenvalue weighted by Crippen LogP contribution is 2.30. The van der Waals surface area contributed by atoms with Gasteiger partial charge in [0.05, 0.1) is 12.6 Å². The third-order valence-electron chi connectivity index (χ3n) is 4.18. The van der Waals surface area contributed by atoms with Crippen LogP contribution in [0.15, 0.2) is 24.4 Å². The molecule has 20 heavy (non-hydrogen) atoms. The molecule has 2 heterocycles. The summed E-state index contributed by atoms with van der Waals surface area (Å²) in [4.78, 5) is 2.53. The highest BCUT2D eigenvalue weighted by Gasteiger charge is 2.14. The molecule has 4 nitrogen and oxygen atoms in total. The van der Waals surface area contributed by atoms with Gasteiger partial charge < -0.3 is 19.5 Å². The molecular formula is C16H23N3O. The molecule has 1 aliphatic heterocycles. The van der Waals surface area contributed by atoms with Crippen LogP contribution in [0.3, 0.4) is 0 Å². The third-order valence-corrected chi connectivity index (χ3v) is 4.18. The van der Waals surface area contributed by atoms with Crippen molar-refractivity contribution in [2.45, 2.75) is 6.42 Å². The molecule has 0 unspecified atom stereocenters. The van der Waals surface area contributed by atoms with Crippen LogP contribution < -0.4 is 10.1 Å². The molecule has 0 amide bonds. The molecule has 0 atom stereocenters. The highest BCUT2D eigenvalue weighted by molar-refractivity contribution is 5.90. The lowest BCUT2D eigenvalue weighted by molar-refractivity contribution is 0.244. The van der Waals surface area contributed by atoms with E-state index in [2.05, 4.69) is 46.2 Å². The number of nitrogens with one attached hydrogen (secondary N) is 1. The van der Waals surface area contributed by atoms with Crippen LogP contribution in [0.2, 0.25) is 0 Å². The molecule has 1 aromatic carbocycles. The monoisotopic (exact) mass is 273 g/mol. The van der Waals surface area contributed by atoms with Crippen LogP contribution in [0.25, 0.3) is 10.9 Å². The first-order valence-corrected chi connectivity index (χ1v) is 7.33. The van der Waals surface area contributed by atoms with Crippen molar-refractivity contribution in [3.05, 3.63) is 30.0 Å². The van der Waals surface area contributed by atoms with Gasteiger partial charge in [-0.15, -0.1) is 0 Å². The molecule has 0 saturated carbocycles. The Balaban J connectivity index is 1.83. The third kappa shape index (κ3) is 2.53. The van der Waals surface area contributed by atoms with E-state index in [4.69, 9.17) is 4.74 Å². The Morgan fingerprint density at radius 1 is 1.25 bits per heavy atom. The van der Waals surface area contributed by atoms with Gasteiger partial charge in [-0.1, -0.05) is 6.07 Å². The smallest absolute Gasteiger partial charge is 0.128 e. The van der Waals surface area contributed by atoms with E-state index in [-0.39, 0.29) is 0 Å². The highest BCUT2D eigenvalue weighted by atomic mass is 16.5. The number of ether oxygens (including phenoxy) is 1. The molecule has 3 rings (SSSR count). The largest absolute Gasteiger partial charge is 0.496 e. The lowest BCUT2D eigenvalue weighted by Gasteiger charge is -2.27. The van der Waals surface area contributed by atoms with Crippen LogP contribution in [0.1, 0.15) is 5.56 Å². The zero-order chi connectivity index (χ0) is 13.9. The molecular weight excluding hydrogens is 250 g/mol. The predicted molar refractivity (Wildman–Crippen MR) is 82.5 cm³/mol. The molecule has 0 bridgehead atoms. The van der Waals surface area contributed by atoms with Gasteiger partial charge in [0.2, 0.25) is 0 Å².